The Hall–Kier alpha value is -1.38. The molecule has 1 saturated heterocycles. The number of rotatable bonds is 18. The molecular weight excluding hydrogens is 440 g/mol. The maximum atomic E-state index is 11.7. The predicted molar refractivity (Wildman–Crippen MR) is 116 cm³/mol. The van der Waals surface area contributed by atoms with Gasteiger partial charge in [-0.3, -0.25) is 9.59 Å². The number of nitrogens with one attached hydrogen (secondary N) is 2. The van der Waals surface area contributed by atoms with Crippen LogP contribution in [0.1, 0.15) is 39.0 Å². The van der Waals surface area contributed by atoms with Gasteiger partial charge in [0.1, 0.15) is 24.4 Å². The van der Waals surface area contributed by atoms with Crippen LogP contribution < -0.4 is 10.6 Å². The second-order valence-electron chi connectivity index (χ2n) is 7.66. The highest BCUT2D eigenvalue weighted by Gasteiger charge is 2.43. The van der Waals surface area contributed by atoms with Crippen LogP contribution in [0.15, 0.2) is 0 Å². The third kappa shape index (κ3) is 12.6. The number of ether oxygens (including phenoxy) is 4. The van der Waals surface area contributed by atoms with Gasteiger partial charge in [-0.1, -0.05) is 13.3 Å². The van der Waals surface area contributed by atoms with Crippen molar-refractivity contribution in [3.05, 3.63) is 0 Å². The third-order valence-corrected chi connectivity index (χ3v) is 5.02. The fraction of sp³-hybridized carbons (Fsp3) is 0.905. The highest BCUT2D eigenvalue weighted by Crippen LogP contribution is 2.21. The third-order valence-electron chi connectivity index (χ3n) is 5.02. The molecular formula is C21H40N2O10. The molecule has 1 heterocycles. The maximum absolute atomic E-state index is 11.7. The van der Waals surface area contributed by atoms with E-state index in [4.69, 9.17) is 24.1 Å². The molecule has 194 valence electrons. The fourth-order valence-electron chi connectivity index (χ4n) is 3.04. The van der Waals surface area contributed by atoms with Gasteiger partial charge in [0.15, 0.2) is 6.29 Å². The van der Waals surface area contributed by atoms with Gasteiger partial charge < -0.3 is 50.0 Å². The van der Waals surface area contributed by atoms with Gasteiger partial charge in [0.2, 0.25) is 11.8 Å². The topological polar surface area (TPSA) is 176 Å². The molecule has 0 spiro atoms. The molecule has 2 amide bonds. The first kappa shape index (κ1) is 29.7. The number of carbonyl (C=O) groups excluding carboxylic acids is 2. The Morgan fingerprint density at radius 2 is 1.48 bits per heavy atom. The van der Waals surface area contributed by atoms with Gasteiger partial charge in [-0.05, 0) is 12.8 Å². The Bertz CT molecular complexity index is 537. The molecule has 33 heavy (non-hydrogen) atoms. The Labute approximate surface area is 194 Å². The van der Waals surface area contributed by atoms with Crippen LogP contribution in [-0.4, -0.2) is 116 Å². The number of hydrogen-bond acceptors (Lipinski definition) is 10. The van der Waals surface area contributed by atoms with Crippen molar-refractivity contribution < 1.29 is 49.0 Å². The van der Waals surface area contributed by atoms with Crippen molar-refractivity contribution >= 4 is 11.8 Å². The van der Waals surface area contributed by atoms with Crippen LogP contribution >= 0.6 is 0 Å². The van der Waals surface area contributed by atoms with Crippen LogP contribution in [0, 0.1) is 0 Å². The zero-order valence-corrected chi connectivity index (χ0v) is 19.3. The minimum absolute atomic E-state index is 0.0298. The zero-order valence-electron chi connectivity index (χ0n) is 19.3. The summed E-state index contributed by atoms with van der Waals surface area (Å²) >= 11 is 0. The summed E-state index contributed by atoms with van der Waals surface area (Å²) < 4.78 is 21.2. The van der Waals surface area contributed by atoms with E-state index in [9.17, 15) is 24.9 Å². The van der Waals surface area contributed by atoms with E-state index in [1.807, 2.05) is 6.92 Å². The molecule has 6 N–H and O–H groups in total. The molecule has 0 saturated carbocycles. The van der Waals surface area contributed by atoms with Crippen LogP contribution in [0.25, 0.3) is 0 Å². The van der Waals surface area contributed by atoms with Crippen molar-refractivity contribution in [3.63, 3.8) is 0 Å². The van der Waals surface area contributed by atoms with E-state index < -0.39 is 37.3 Å². The minimum atomic E-state index is -1.48. The van der Waals surface area contributed by atoms with Crippen molar-refractivity contribution in [2.75, 3.05) is 52.7 Å². The lowest BCUT2D eigenvalue weighted by atomic mass is 9.99. The molecule has 2 unspecified atom stereocenters. The molecule has 0 aromatic carbocycles. The van der Waals surface area contributed by atoms with Crippen LogP contribution in [0.3, 0.4) is 0 Å². The number of carbonyl (C=O) groups is 2. The lowest BCUT2D eigenvalue weighted by molar-refractivity contribution is -0.302. The summed E-state index contributed by atoms with van der Waals surface area (Å²) in [7, 11) is 0. The van der Waals surface area contributed by atoms with Gasteiger partial charge in [-0.25, -0.2) is 0 Å². The first-order valence-electron chi connectivity index (χ1n) is 11.5. The first-order valence-corrected chi connectivity index (χ1v) is 11.5. The smallest absolute Gasteiger partial charge is 0.220 e. The molecule has 1 rings (SSSR count). The average molecular weight is 481 g/mol. The Balaban J connectivity index is 1.91. The van der Waals surface area contributed by atoms with Crippen molar-refractivity contribution in [2.45, 2.75) is 69.7 Å². The molecule has 1 aliphatic heterocycles. The van der Waals surface area contributed by atoms with Crippen molar-refractivity contribution in [2.24, 2.45) is 0 Å². The Morgan fingerprint density at radius 1 is 0.818 bits per heavy atom. The number of unbranched alkanes of at least 4 members (excludes halogenated alkanes) is 2. The minimum Gasteiger partial charge on any atom is -0.394 e. The molecule has 5 atom stereocenters. The molecule has 0 bridgehead atoms. The zero-order chi connectivity index (χ0) is 24.5. The number of amides is 2. The van der Waals surface area contributed by atoms with E-state index in [1.54, 1.807) is 0 Å². The lowest BCUT2D eigenvalue weighted by Crippen LogP contribution is -2.59. The summed E-state index contributed by atoms with van der Waals surface area (Å²) in [4.78, 5) is 22.8. The van der Waals surface area contributed by atoms with Gasteiger partial charge in [-0.2, -0.15) is 0 Å². The number of aliphatic hydroxyl groups excluding tert-OH is 4. The van der Waals surface area contributed by atoms with Crippen molar-refractivity contribution in [3.8, 4) is 0 Å². The first-order chi connectivity index (χ1) is 15.9. The summed E-state index contributed by atoms with van der Waals surface area (Å²) in [6, 6.07) is 0. The summed E-state index contributed by atoms with van der Waals surface area (Å²) in [5.41, 5.74) is 0. The van der Waals surface area contributed by atoms with Crippen molar-refractivity contribution in [1.29, 1.82) is 0 Å². The molecule has 0 aliphatic carbocycles. The molecule has 1 aliphatic rings. The number of aliphatic hydroxyl groups is 4. The summed E-state index contributed by atoms with van der Waals surface area (Å²) in [5, 5.41) is 43.9. The van der Waals surface area contributed by atoms with Gasteiger partial charge >= 0.3 is 0 Å². The highest BCUT2D eigenvalue weighted by atomic mass is 16.7. The van der Waals surface area contributed by atoms with E-state index in [-0.39, 0.29) is 25.0 Å². The monoisotopic (exact) mass is 480 g/mol. The molecule has 0 aromatic rings. The molecule has 12 heteroatoms. The second-order valence-corrected chi connectivity index (χ2v) is 7.66. The SMILES string of the molecule is CCC(=O)NCCCCCC(=O)NCCOCCOCCO[C@@H]1OC(CO)[C@H](O)[C@H](O)C1O. The second kappa shape index (κ2) is 18.0. The van der Waals surface area contributed by atoms with Gasteiger partial charge in [0.25, 0.3) is 0 Å². The van der Waals surface area contributed by atoms with Crippen LogP contribution in [-0.2, 0) is 28.5 Å². The molecule has 1 fully saturated rings. The molecule has 0 aromatic heterocycles. The summed E-state index contributed by atoms with van der Waals surface area (Å²) in [6.07, 6.45) is -3.09. The molecule has 0 radical (unpaired) electrons. The number of hydrogen-bond donors (Lipinski definition) is 6. The van der Waals surface area contributed by atoms with Crippen LogP contribution in [0.2, 0.25) is 0 Å². The predicted octanol–water partition coefficient (Wildman–Crippen LogP) is -1.96. The summed E-state index contributed by atoms with van der Waals surface area (Å²) in [5.74, 6) is 0.0114. The largest absolute Gasteiger partial charge is 0.394 e. The van der Waals surface area contributed by atoms with E-state index in [0.717, 1.165) is 19.3 Å². The van der Waals surface area contributed by atoms with E-state index in [0.29, 0.717) is 45.8 Å². The lowest BCUT2D eigenvalue weighted by Gasteiger charge is -2.39. The average Bonchev–Trinajstić information content (AvgIpc) is 2.81. The van der Waals surface area contributed by atoms with Crippen molar-refractivity contribution in [1.82, 2.24) is 10.6 Å². The normalized spacial score (nSPS) is 25.1. The maximum Gasteiger partial charge on any atom is 0.220 e. The van der Waals surface area contributed by atoms with Gasteiger partial charge in [0.05, 0.1) is 39.6 Å². The van der Waals surface area contributed by atoms with E-state index >= 15 is 0 Å². The Kier molecular flexibility index (Phi) is 16.2. The van der Waals surface area contributed by atoms with Gasteiger partial charge in [-0.15, -0.1) is 0 Å². The van der Waals surface area contributed by atoms with E-state index in [2.05, 4.69) is 10.6 Å². The van der Waals surface area contributed by atoms with Crippen LogP contribution in [0.5, 0.6) is 0 Å². The van der Waals surface area contributed by atoms with Crippen LogP contribution in [0.4, 0.5) is 0 Å². The summed E-state index contributed by atoms with van der Waals surface area (Å²) in [6.45, 7) is 3.61. The fourth-order valence-corrected chi connectivity index (χ4v) is 3.04. The van der Waals surface area contributed by atoms with Gasteiger partial charge in [0, 0.05) is 25.9 Å². The standard InChI is InChI=1S/C21H40N2O10/c1-2-16(25)22-7-5-3-4-6-17(26)23-8-9-30-10-11-31-12-13-32-21-20(29)19(28)18(27)15(14-24)33-21/h15,18-21,24,27-29H,2-14H2,1H3,(H,22,25)(H,23,26)/t15?,18-,19-,20?,21+/m0/s1. The molecule has 12 nitrogen and oxygen atoms in total. The Morgan fingerprint density at radius 3 is 2.18 bits per heavy atom. The highest BCUT2D eigenvalue weighted by molar-refractivity contribution is 5.76. The quantitative estimate of drug-likeness (QED) is 0.121. The van der Waals surface area contributed by atoms with E-state index in [1.165, 1.54) is 0 Å².